The van der Waals surface area contributed by atoms with E-state index in [2.05, 4.69) is 41.7 Å². The topological polar surface area (TPSA) is 63.5 Å². The first-order chi connectivity index (χ1) is 12.1. The lowest BCUT2D eigenvalue weighted by Gasteiger charge is -2.18. The molecular formula is C19H29N5O. The van der Waals surface area contributed by atoms with E-state index in [0.717, 1.165) is 29.5 Å². The number of aryl methyl sites for hydroxylation is 2. The van der Waals surface area contributed by atoms with Crippen molar-refractivity contribution in [3.63, 3.8) is 0 Å². The molecule has 0 saturated carbocycles. The quantitative estimate of drug-likeness (QED) is 0.599. The third-order valence-corrected chi connectivity index (χ3v) is 4.31. The lowest BCUT2D eigenvalue weighted by atomic mass is 10.1. The maximum atomic E-state index is 5.61. The van der Waals surface area contributed by atoms with E-state index in [1.165, 1.54) is 5.56 Å². The molecule has 0 radical (unpaired) electrons. The lowest BCUT2D eigenvalue weighted by Crippen LogP contribution is -2.39. The molecule has 0 amide bonds. The van der Waals surface area contributed by atoms with Gasteiger partial charge in [0.15, 0.2) is 5.96 Å². The summed E-state index contributed by atoms with van der Waals surface area (Å²) in [5, 5.41) is 11.1. The predicted molar refractivity (Wildman–Crippen MR) is 102 cm³/mol. The summed E-state index contributed by atoms with van der Waals surface area (Å²) in [6.07, 6.45) is -0.0214. The highest BCUT2D eigenvalue weighted by atomic mass is 16.5. The summed E-state index contributed by atoms with van der Waals surface area (Å²) in [6.45, 7) is 8.21. The minimum absolute atomic E-state index is 0.0214. The van der Waals surface area contributed by atoms with Gasteiger partial charge in [-0.25, -0.2) is 4.99 Å². The zero-order valence-corrected chi connectivity index (χ0v) is 15.8. The van der Waals surface area contributed by atoms with Crippen molar-refractivity contribution in [1.82, 2.24) is 20.4 Å². The number of rotatable bonds is 7. The smallest absolute Gasteiger partial charge is 0.191 e. The Bertz CT molecular complexity index is 693. The second kappa shape index (κ2) is 9.22. The van der Waals surface area contributed by atoms with Crippen LogP contribution in [-0.4, -0.2) is 35.9 Å². The highest BCUT2D eigenvalue weighted by Gasteiger charge is 2.12. The second-order valence-corrected chi connectivity index (χ2v) is 5.98. The van der Waals surface area contributed by atoms with Crippen molar-refractivity contribution < 1.29 is 4.74 Å². The number of nitrogens with zero attached hydrogens (tertiary/aromatic N) is 3. The van der Waals surface area contributed by atoms with Gasteiger partial charge in [-0.05, 0) is 26.3 Å². The van der Waals surface area contributed by atoms with E-state index in [0.29, 0.717) is 13.1 Å². The fourth-order valence-corrected chi connectivity index (χ4v) is 2.74. The molecule has 0 aliphatic rings. The lowest BCUT2D eigenvalue weighted by molar-refractivity contribution is 0.106. The molecule has 0 spiro atoms. The van der Waals surface area contributed by atoms with Crippen molar-refractivity contribution in [3.8, 4) is 0 Å². The standard InChI is InChI=1S/C19H29N5O/c1-6-20-19(21-12-17-14(2)23-24(4)15(17)3)22-13-18(25-5)16-10-8-7-9-11-16/h7-11,18H,6,12-13H2,1-5H3,(H2,20,21,22). The van der Waals surface area contributed by atoms with Gasteiger partial charge < -0.3 is 15.4 Å². The van der Waals surface area contributed by atoms with Gasteiger partial charge in [0.2, 0.25) is 0 Å². The van der Waals surface area contributed by atoms with E-state index in [1.807, 2.05) is 36.9 Å². The molecular weight excluding hydrogens is 314 g/mol. The zero-order valence-electron chi connectivity index (χ0n) is 15.8. The number of guanidine groups is 1. The Balaban J connectivity index is 2.04. The van der Waals surface area contributed by atoms with Crippen LogP contribution >= 0.6 is 0 Å². The Kier molecular flexibility index (Phi) is 7.01. The molecule has 0 aliphatic carbocycles. The number of aliphatic imine (C=N–C) groups is 1. The summed E-state index contributed by atoms with van der Waals surface area (Å²) in [5.41, 5.74) is 4.49. The van der Waals surface area contributed by atoms with Crippen molar-refractivity contribution in [2.45, 2.75) is 33.4 Å². The van der Waals surface area contributed by atoms with E-state index in [-0.39, 0.29) is 6.10 Å². The van der Waals surface area contributed by atoms with E-state index in [4.69, 9.17) is 9.73 Å². The summed E-state index contributed by atoms with van der Waals surface area (Å²) in [4.78, 5) is 4.70. The van der Waals surface area contributed by atoms with Gasteiger partial charge in [-0.2, -0.15) is 5.10 Å². The molecule has 0 bridgehead atoms. The fourth-order valence-electron chi connectivity index (χ4n) is 2.74. The molecule has 0 fully saturated rings. The van der Waals surface area contributed by atoms with Crippen molar-refractivity contribution in [3.05, 3.63) is 52.8 Å². The minimum atomic E-state index is -0.0214. The molecule has 1 aromatic heterocycles. The van der Waals surface area contributed by atoms with Crippen LogP contribution < -0.4 is 10.6 Å². The summed E-state index contributed by atoms with van der Waals surface area (Å²) >= 11 is 0. The van der Waals surface area contributed by atoms with Crippen LogP contribution in [0.4, 0.5) is 0 Å². The molecule has 25 heavy (non-hydrogen) atoms. The molecule has 2 rings (SSSR count). The highest BCUT2D eigenvalue weighted by molar-refractivity contribution is 5.79. The van der Waals surface area contributed by atoms with Crippen LogP contribution in [-0.2, 0) is 18.3 Å². The molecule has 6 nitrogen and oxygen atoms in total. The molecule has 6 heteroatoms. The van der Waals surface area contributed by atoms with E-state index in [1.54, 1.807) is 7.11 Å². The van der Waals surface area contributed by atoms with E-state index in [9.17, 15) is 0 Å². The number of hydrogen-bond acceptors (Lipinski definition) is 3. The van der Waals surface area contributed by atoms with Gasteiger partial charge in [0.25, 0.3) is 0 Å². The molecule has 2 N–H and O–H groups in total. The van der Waals surface area contributed by atoms with Crippen LogP contribution in [0.5, 0.6) is 0 Å². The third-order valence-electron chi connectivity index (χ3n) is 4.31. The van der Waals surface area contributed by atoms with Crippen LogP contribution in [0.1, 0.15) is 35.5 Å². The van der Waals surface area contributed by atoms with E-state index < -0.39 is 0 Å². The monoisotopic (exact) mass is 343 g/mol. The summed E-state index contributed by atoms with van der Waals surface area (Å²) in [5.74, 6) is 0.781. The Morgan fingerprint density at radius 2 is 1.96 bits per heavy atom. The number of aromatic nitrogens is 2. The van der Waals surface area contributed by atoms with Crippen molar-refractivity contribution in [1.29, 1.82) is 0 Å². The number of ether oxygens (including phenoxy) is 1. The molecule has 1 aromatic carbocycles. The van der Waals surface area contributed by atoms with Gasteiger partial charge in [-0.1, -0.05) is 30.3 Å². The maximum Gasteiger partial charge on any atom is 0.191 e. The first-order valence-electron chi connectivity index (χ1n) is 8.65. The van der Waals surface area contributed by atoms with Crippen LogP contribution in [0.25, 0.3) is 0 Å². The van der Waals surface area contributed by atoms with Crippen LogP contribution in [0.15, 0.2) is 35.3 Å². The number of hydrogen-bond donors (Lipinski definition) is 2. The summed E-state index contributed by atoms with van der Waals surface area (Å²) in [6, 6.07) is 10.2. The second-order valence-electron chi connectivity index (χ2n) is 5.98. The van der Waals surface area contributed by atoms with Gasteiger partial charge in [-0.15, -0.1) is 0 Å². The van der Waals surface area contributed by atoms with Crippen LogP contribution in [0.3, 0.4) is 0 Å². The van der Waals surface area contributed by atoms with Crippen molar-refractivity contribution in [2.24, 2.45) is 12.0 Å². The normalized spacial score (nSPS) is 12.9. The molecule has 136 valence electrons. The highest BCUT2D eigenvalue weighted by Crippen LogP contribution is 2.15. The Labute approximate surface area is 150 Å². The van der Waals surface area contributed by atoms with Gasteiger partial charge in [0, 0.05) is 38.5 Å². The Hall–Kier alpha value is -2.34. The largest absolute Gasteiger partial charge is 0.375 e. The number of benzene rings is 1. The molecule has 0 saturated heterocycles. The Morgan fingerprint density at radius 3 is 2.52 bits per heavy atom. The van der Waals surface area contributed by atoms with Crippen molar-refractivity contribution in [2.75, 3.05) is 20.2 Å². The molecule has 1 unspecified atom stereocenters. The molecule has 1 heterocycles. The molecule has 0 aliphatic heterocycles. The Morgan fingerprint density at radius 1 is 1.24 bits per heavy atom. The molecule has 2 aromatic rings. The van der Waals surface area contributed by atoms with Gasteiger partial charge in [0.05, 0.1) is 18.3 Å². The fraction of sp³-hybridized carbons (Fsp3) is 0.474. The van der Waals surface area contributed by atoms with Crippen LogP contribution in [0.2, 0.25) is 0 Å². The van der Waals surface area contributed by atoms with Gasteiger partial charge >= 0.3 is 0 Å². The third kappa shape index (κ3) is 5.06. The number of methoxy groups -OCH3 is 1. The summed E-state index contributed by atoms with van der Waals surface area (Å²) in [7, 11) is 3.69. The average molecular weight is 343 g/mol. The number of nitrogens with one attached hydrogen (secondary N) is 2. The predicted octanol–water partition coefficient (Wildman–Crippen LogP) is 2.48. The summed E-state index contributed by atoms with van der Waals surface area (Å²) < 4.78 is 7.51. The average Bonchev–Trinajstić information content (AvgIpc) is 2.86. The van der Waals surface area contributed by atoms with Gasteiger partial charge in [-0.3, -0.25) is 4.68 Å². The molecule has 1 atom stereocenters. The van der Waals surface area contributed by atoms with Gasteiger partial charge in [0.1, 0.15) is 0 Å². The van der Waals surface area contributed by atoms with Crippen molar-refractivity contribution >= 4 is 5.96 Å². The SMILES string of the molecule is CCNC(=NCc1c(C)nn(C)c1C)NCC(OC)c1ccccc1. The first-order valence-corrected chi connectivity index (χ1v) is 8.65. The minimum Gasteiger partial charge on any atom is -0.375 e. The van der Waals surface area contributed by atoms with E-state index >= 15 is 0 Å². The maximum absolute atomic E-state index is 5.61. The van der Waals surface area contributed by atoms with Crippen LogP contribution in [0, 0.1) is 13.8 Å². The zero-order chi connectivity index (χ0) is 18.2. The first kappa shape index (κ1) is 19.0.